The molecule has 1 N–H and O–H groups in total. The van der Waals surface area contributed by atoms with E-state index in [0.29, 0.717) is 43.2 Å². The summed E-state index contributed by atoms with van der Waals surface area (Å²) in [7, 11) is -4.85. The average molecular weight is 621 g/mol. The fourth-order valence-electron chi connectivity index (χ4n) is 4.15. The van der Waals surface area contributed by atoms with Crippen molar-refractivity contribution in [1.82, 2.24) is 13.9 Å². The summed E-state index contributed by atoms with van der Waals surface area (Å²) in [4.78, 5) is 12.8. The molecule has 3 aromatic rings. The molecule has 0 aromatic heterocycles. The van der Waals surface area contributed by atoms with Crippen molar-refractivity contribution in [2.45, 2.75) is 11.4 Å². The van der Waals surface area contributed by atoms with Crippen molar-refractivity contribution < 1.29 is 35.5 Å². The van der Waals surface area contributed by atoms with Gasteiger partial charge in [-0.25, -0.2) is 12.8 Å². The van der Waals surface area contributed by atoms with Crippen LogP contribution in [0.2, 0.25) is 0 Å². The van der Waals surface area contributed by atoms with Gasteiger partial charge in [-0.3, -0.25) is 9.10 Å². The zero-order valence-corrected chi connectivity index (χ0v) is 24.9. The van der Waals surface area contributed by atoms with Crippen LogP contribution in [-0.2, 0) is 31.5 Å². The first-order chi connectivity index (χ1) is 20.0. The second kappa shape index (κ2) is 13.6. The molecule has 1 amide bonds. The van der Waals surface area contributed by atoms with E-state index in [2.05, 4.69) is 5.32 Å². The Morgan fingerprint density at radius 1 is 0.952 bits per heavy atom. The van der Waals surface area contributed by atoms with E-state index in [-0.39, 0.29) is 36.2 Å². The van der Waals surface area contributed by atoms with E-state index < -0.39 is 26.0 Å². The molecule has 0 unspecified atom stereocenters. The van der Waals surface area contributed by atoms with Gasteiger partial charge in [-0.2, -0.15) is 17.0 Å². The Bertz CT molecular complexity index is 1580. The molecule has 1 aliphatic rings. The standard InChI is InChI=1S/C28H33FN4O7S2/c1-31(2)42(37,38)33(27-6-4-3-5-26(27)29)21-22-7-9-23(10-8-22)28(34)30-15-18-40-24-11-13-25(14-12-24)41(35,36)32-16-19-39-20-17-32/h3-14H,15-21H2,1-2H3,(H,30,34). The molecule has 0 atom stereocenters. The van der Waals surface area contributed by atoms with Gasteiger partial charge in [0, 0.05) is 32.7 Å². The Labute approximate surface area is 245 Å². The lowest BCUT2D eigenvalue weighted by Crippen LogP contribution is -2.40. The van der Waals surface area contributed by atoms with Gasteiger partial charge >= 0.3 is 10.2 Å². The molecule has 4 rings (SSSR count). The van der Waals surface area contributed by atoms with E-state index in [1.54, 1.807) is 42.5 Å². The summed E-state index contributed by atoms with van der Waals surface area (Å²) in [6.45, 7) is 1.57. The van der Waals surface area contributed by atoms with Crippen molar-refractivity contribution in [2.24, 2.45) is 0 Å². The van der Waals surface area contributed by atoms with Gasteiger partial charge in [0.15, 0.2) is 0 Å². The van der Waals surface area contributed by atoms with Gasteiger partial charge in [-0.05, 0) is 54.1 Å². The summed E-state index contributed by atoms with van der Waals surface area (Å²) in [5.74, 6) is -0.569. The van der Waals surface area contributed by atoms with Gasteiger partial charge in [-0.1, -0.05) is 24.3 Å². The molecule has 0 saturated carbocycles. The molecule has 0 spiro atoms. The summed E-state index contributed by atoms with van der Waals surface area (Å²) in [6.07, 6.45) is 0. The number of amides is 1. The fourth-order valence-corrected chi connectivity index (χ4v) is 6.66. The van der Waals surface area contributed by atoms with Crippen LogP contribution in [0.5, 0.6) is 5.75 Å². The van der Waals surface area contributed by atoms with Crippen LogP contribution in [0.4, 0.5) is 10.1 Å². The molecule has 1 heterocycles. The van der Waals surface area contributed by atoms with Crippen LogP contribution in [0.25, 0.3) is 0 Å². The van der Waals surface area contributed by atoms with E-state index in [0.717, 1.165) is 8.61 Å². The van der Waals surface area contributed by atoms with Crippen molar-refractivity contribution >= 4 is 31.8 Å². The Kier molecular flexibility index (Phi) is 10.2. The van der Waals surface area contributed by atoms with Crippen LogP contribution in [0.15, 0.2) is 77.7 Å². The zero-order chi connectivity index (χ0) is 30.3. The third-order valence-corrected chi connectivity index (χ3v) is 10.2. The van der Waals surface area contributed by atoms with E-state index in [1.807, 2.05) is 0 Å². The maximum absolute atomic E-state index is 14.5. The number of morpholine rings is 1. The average Bonchev–Trinajstić information content (AvgIpc) is 2.99. The van der Waals surface area contributed by atoms with Gasteiger partial charge in [0.2, 0.25) is 10.0 Å². The number of anilines is 1. The van der Waals surface area contributed by atoms with Gasteiger partial charge in [0.1, 0.15) is 18.2 Å². The largest absolute Gasteiger partial charge is 0.492 e. The number of halogens is 1. The highest BCUT2D eigenvalue weighted by molar-refractivity contribution is 7.90. The highest BCUT2D eigenvalue weighted by Gasteiger charge is 2.28. The van der Waals surface area contributed by atoms with Gasteiger partial charge in [0.05, 0.1) is 36.9 Å². The number of nitrogens with one attached hydrogen (secondary N) is 1. The van der Waals surface area contributed by atoms with Crippen molar-refractivity contribution in [3.63, 3.8) is 0 Å². The number of hydrogen-bond donors (Lipinski definition) is 1. The Morgan fingerprint density at radius 3 is 2.21 bits per heavy atom. The third kappa shape index (κ3) is 7.44. The number of ether oxygens (including phenoxy) is 2. The second-order valence-electron chi connectivity index (χ2n) is 9.54. The maximum atomic E-state index is 14.5. The third-order valence-electron chi connectivity index (χ3n) is 6.49. The van der Waals surface area contributed by atoms with Crippen LogP contribution in [0.3, 0.4) is 0 Å². The number of para-hydroxylation sites is 1. The van der Waals surface area contributed by atoms with E-state index in [4.69, 9.17) is 9.47 Å². The van der Waals surface area contributed by atoms with E-state index >= 15 is 0 Å². The van der Waals surface area contributed by atoms with Crippen molar-refractivity contribution in [3.05, 3.63) is 89.7 Å². The van der Waals surface area contributed by atoms with Gasteiger partial charge in [-0.15, -0.1) is 0 Å². The molecular formula is C28H33FN4O7S2. The highest BCUT2D eigenvalue weighted by atomic mass is 32.2. The molecular weight excluding hydrogens is 587 g/mol. The molecule has 1 saturated heterocycles. The lowest BCUT2D eigenvalue weighted by molar-refractivity contribution is 0.0730. The molecule has 1 aliphatic heterocycles. The van der Waals surface area contributed by atoms with Crippen molar-refractivity contribution in [2.75, 3.05) is 57.9 Å². The van der Waals surface area contributed by atoms with Crippen LogP contribution >= 0.6 is 0 Å². The lowest BCUT2D eigenvalue weighted by Gasteiger charge is -2.27. The number of rotatable bonds is 12. The van der Waals surface area contributed by atoms with Crippen LogP contribution in [0.1, 0.15) is 15.9 Å². The van der Waals surface area contributed by atoms with Crippen molar-refractivity contribution in [1.29, 1.82) is 0 Å². The predicted molar refractivity (Wildman–Crippen MR) is 155 cm³/mol. The maximum Gasteiger partial charge on any atom is 0.303 e. The minimum Gasteiger partial charge on any atom is -0.492 e. The summed E-state index contributed by atoms with van der Waals surface area (Å²) in [5.41, 5.74) is 0.827. The Morgan fingerprint density at radius 2 is 1.60 bits per heavy atom. The van der Waals surface area contributed by atoms with Crippen LogP contribution < -0.4 is 14.4 Å². The summed E-state index contributed by atoms with van der Waals surface area (Å²) in [6, 6.07) is 18.0. The lowest BCUT2D eigenvalue weighted by atomic mass is 10.1. The fraction of sp³-hybridized carbons (Fsp3) is 0.321. The molecule has 0 bridgehead atoms. The number of sulfonamides is 1. The molecule has 0 radical (unpaired) electrons. The van der Waals surface area contributed by atoms with Crippen LogP contribution in [0, 0.1) is 5.82 Å². The number of carbonyl (C=O) groups is 1. The molecule has 11 nitrogen and oxygen atoms in total. The van der Waals surface area contributed by atoms with Crippen molar-refractivity contribution in [3.8, 4) is 5.75 Å². The van der Waals surface area contributed by atoms with Crippen LogP contribution in [-0.4, -0.2) is 84.9 Å². The molecule has 0 aliphatic carbocycles. The van der Waals surface area contributed by atoms with Gasteiger partial charge < -0.3 is 14.8 Å². The second-order valence-corrected chi connectivity index (χ2v) is 13.5. The monoisotopic (exact) mass is 620 g/mol. The van der Waals surface area contributed by atoms with Gasteiger partial charge in [0.25, 0.3) is 5.91 Å². The first kappa shape index (κ1) is 31.4. The zero-order valence-electron chi connectivity index (χ0n) is 23.3. The summed E-state index contributed by atoms with van der Waals surface area (Å²) in [5, 5.41) is 2.74. The normalized spacial score (nSPS) is 14.5. The quantitative estimate of drug-likeness (QED) is 0.309. The Hall–Kier alpha value is -3.56. The number of hydrogen-bond acceptors (Lipinski definition) is 7. The highest BCUT2D eigenvalue weighted by Crippen LogP contribution is 2.25. The number of benzene rings is 3. The molecule has 14 heteroatoms. The van der Waals surface area contributed by atoms with E-state index in [9.17, 15) is 26.0 Å². The smallest absolute Gasteiger partial charge is 0.303 e. The molecule has 1 fully saturated rings. The SMILES string of the molecule is CN(C)S(=O)(=O)N(Cc1ccc(C(=O)NCCOc2ccc(S(=O)(=O)N3CCOCC3)cc2)cc1)c1ccccc1F. The minimum absolute atomic E-state index is 0.0821. The molecule has 3 aromatic carbocycles. The van der Waals surface area contributed by atoms with E-state index in [1.165, 1.54) is 48.7 Å². The molecule has 42 heavy (non-hydrogen) atoms. The minimum atomic E-state index is -4.00. The number of nitrogens with zero attached hydrogens (tertiary/aromatic N) is 3. The predicted octanol–water partition coefficient (Wildman–Crippen LogP) is 2.47. The Balaban J connectivity index is 1.30. The molecule has 226 valence electrons. The first-order valence-corrected chi connectivity index (χ1v) is 16.0. The topological polar surface area (TPSA) is 126 Å². The number of carbonyl (C=O) groups excluding carboxylic acids is 1. The summed E-state index contributed by atoms with van der Waals surface area (Å²) >= 11 is 0. The first-order valence-electron chi connectivity index (χ1n) is 13.1. The summed E-state index contributed by atoms with van der Waals surface area (Å²) < 4.78 is 80.0.